The van der Waals surface area contributed by atoms with Crippen molar-refractivity contribution < 1.29 is 9.94 Å². The maximum atomic E-state index is 9.35. The van der Waals surface area contributed by atoms with E-state index in [2.05, 4.69) is 40.1 Å². The summed E-state index contributed by atoms with van der Waals surface area (Å²) in [5, 5.41) is 14.9. The monoisotopic (exact) mass is 359 g/mol. The molecule has 0 spiro atoms. The lowest BCUT2D eigenvalue weighted by molar-refractivity contribution is 0.262. The predicted molar refractivity (Wildman–Crippen MR) is 104 cm³/mol. The molecule has 6 heteroatoms. The molecular weight excluding hydrogens is 334 g/mol. The number of hydrogen-bond donors (Lipinski definition) is 1. The van der Waals surface area contributed by atoms with Crippen LogP contribution in [-0.4, -0.2) is 55.7 Å². The number of ether oxygens (including phenoxy) is 1. The Labute approximate surface area is 153 Å². The summed E-state index contributed by atoms with van der Waals surface area (Å²) in [5.41, 5.74) is 3.13. The quantitative estimate of drug-likeness (QED) is 0.487. The Morgan fingerprint density at radius 1 is 1.20 bits per heavy atom. The number of nitrogens with zero attached hydrogens (tertiary/aromatic N) is 3. The second kappa shape index (κ2) is 8.36. The fourth-order valence-electron chi connectivity index (χ4n) is 3.24. The molecule has 1 aromatic carbocycles. The van der Waals surface area contributed by atoms with Crippen molar-refractivity contribution >= 4 is 22.7 Å². The van der Waals surface area contributed by atoms with Gasteiger partial charge in [-0.15, -0.1) is 11.3 Å². The molecule has 1 aromatic heterocycles. The van der Waals surface area contributed by atoms with Crippen molar-refractivity contribution in [2.24, 2.45) is 5.16 Å². The second-order valence-electron chi connectivity index (χ2n) is 6.23. The molecule has 0 atom stereocenters. The van der Waals surface area contributed by atoms with Crippen LogP contribution in [0.3, 0.4) is 0 Å². The molecule has 2 heterocycles. The van der Waals surface area contributed by atoms with E-state index < -0.39 is 0 Å². The molecule has 0 unspecified atom stereocenters. The van der Waals surface area contributed by atoms with E-state index >= 15 is 0 Å². The van der Waals surface area contributed by atoms with Crippen LogP contribution in [0.1, 0.15) is 16.9 Å². The van der Waals surface area contributed by atoms with Crippen LogP contribution < -0.4 is 9.64 Å². The number of thiophene rings is 1. The van der Waals surface area contributed by atoms with Gasteiger partial charge in [-0.1, -0.05) is 17.3 Å². The zero-order valence-corrected chi connectivity index (χ0v) is 15.6. The largest absolute Gasteiger partial charge is 0.495 e. The Bertz CT molecular complexity index is 721. The van der Waals surface area contributed by atoms with Crippen LogP contribution in [-0.2, 0) is 0 Å². The van der Waals surface area contributed by atoms with Gasteiger partial charge in [-0.2, -0.15) is 0 Å². The first kappa shape index (κ1) is 17.8. The minimum Gasteiger partial charge on any atom is -0.495 e. The topological polar surface area (TPSA) is 48.3 Å². The highest BCUT2D eigenvalue weighted by Gasteiger charge is 2.20. The maximum Gasteiger partial charge on any atom is 0.142 e. The van der Waals surface area contributed by atoms with Crippen molar-refractivity contribution in [2.45, 2.75) is 13.3 Å². The molecule has 0 amide bonds. The first-order chi connectivity index (χ1) is 12.2. The summed E-state index contributed by atoms with van der Waals surface area (Å²) < 4.78 is 5.47. The number of methoxy groups -OCH3 is 1. The van der Waals surface area contributed by atoms with E-state index in [1.54, 1.807) is 18.4 Å². The molecule has 1 N–H and O–H groups in total. The van der Waals surface area contributed by atoms with Crippen LogP contribution in [0, 0.1) is 6.92 Å². The van der Waals surface area contributed by atoms with Crippen LogP contribution in [0.4, 0.5) is 5.69 Å². The van der Waals surface area contributed by atoms with Crippen molar-refractivity contribution in [3.05, 3.63) is 46.2 Å². The molecule has 2 aromatic rings. The molecule has 1 fully saturated rings. The second-order valence-corrected chi connectivity index (χ2v) is 7.15. The molecule has 25 heavy (non-hydrogen) atoms. The zero-order chi connectivity index (χ0) is 17.6. The normalized spacial score (nSPS) is 16.2. The third kappa shape index (κ3) is 4.14. The number of para-hydroxylation sites is 2. The van der Waals surface area contributed by atoms with Gasteiger partial charge in [0.05, 0.1) is 23.4 Å². The third-order valence-corrected chi connectivity index (χ3v) is 5.77. The Morgan fingerprint density at radius 2 is 1.96 bits per heavy atom. The SMILES string of the molecule is COc1ccccc1N1CCN(CC/C(=N/O)c2sccc2C)CC1. The summed E-state index contributed by atoms with van der Waals surface area (Å²) in [6.07, 6.45) is 0.770. The molecule has 1 saturated heterocycles. The fraction of sp³-hybridized carbons (Fsp3) is 0.421. The Morgan fingerprint density at radius 3 is 2.60 bits per heavy atom. The van der Waals surface area contributed by atoms with E-state index in [1.807, 2.05) is 17.5 Å². The number of piperazine rings is 1. The van der Waals surface area contributed by atoms with Crippen molar-refractivity contribution in [1.29, 1.82) is 0 Å². The van der Waals surface area contributed by atoms with E-state index in [0.717, 1.165) is 61.2 Å². The highest BCUT2D eigenvalue weighted by molar-refractivity contribution is 7.12. The average molecular weight is 359 g/mol. The average Bonchev–Trinajstić information content (AvgIpc) is 3.09. The summed E-state index contributed by atoms with van der Waals surface area (Å²) in [5.74, 6) is 0.929. The highest BCUT2D eigenvalue weighted by Crippen LogP contribution is 2.28. The van der Waals surface area contributed by atoms with Gasteiger partial charge in [0.2, 0.25) is 0 Å². The minimum atomic E-state index is 0.770. The van der Waals surface area contributed by atoms with Crippen LogP contribution in [0.15, 0.2) is 40.9 Å². The number of oxime groups is 1. The number of anilines is 1. The number of hydrogen-bond acceptors (Lipinski definition) is 6. The van der Waals surface area contributed by atoms with Crippen molar-refractivity contribution in [1.82, 2.24) is 4.90 Å². The lowest BCUT2D eigenvalue weighted by Gasteiger charge is -2.36. The molecule has 0 radical (unpaired) electrons. The molecule has 3 rings (SSSR count). The third-order valence-electron chi connectivity index (χ3n) is 4.71. The molecule has 1 aliphatic rings. The molecule has 1 aliphatic heterocycles. The van der Waals surface area contributed by atoms with Crippen molar-refractivity contribution in [2.75, 3.05) is 44.7 Å². The fourth-order valence-corrected chi connectivity index (χ4v) is 4.19. The van der Waals surface area contributed by atoms with Gasteiger partial charge in [0.1, 0.15) is 5.75 Å². The van der Waals surface area contributed by atoms with Gasteiger partial charge in [0, 0.05) is 39.1 Å². The number of rotatable bonds is 6. The van der Waals surface area contributed by atoms with E-state index in [0.29, 0.717) is 0 Å². The lowest BCUT2D eigenvalue weighted by Crippen LogP contribution is -2.47. The number of aryl methyl sites for hydroxylation is 1. The summed E-state index contributed by atoms with van der Waals surface area (Å²) >= 11 is 1.64. The van der Waals surface area contributed by atoms with Crippen LogP contribution in [0.2, 0.25) is 0 Å². The number of benzene rings is 1. The van der Waals surface area contributed by atoms with Crippen LogP contribution in [0.25, 0.3) is 0 Å². The van der Waals surface area contributed by atoms with Gasteiger partial charge in [-0.3, -0.25) is 4.90 Å². The predicted octanol–water partition coefficient (Wildman–Crippen LogP) is 3.46. The Balaban J connectivity index is 1.54. The zero-order valence-electron chi connectivity index (χ0n) is 14.8. The molecule has 0 aliphatic carbocycles. The van der Waals surface area contributed by atoms with Gasteiger partial charge in [-0.25, -0.2) is 0 Å². The maximum absolute atomic E-state index is 9.35. The molecule has 0 saturated carbocycles. The summed E-state index contributed by atoms with van der Waals surface area (Å²) in [4.78, 5) is 5.90. The minimum absolute atomic E-state index is 0.770. The molecule has 134 valence electrons. The van der Waals surface area contributed by atoms with Crippen LogP contribution >= 0.6 is 11.3 Å². The van der Waals surface area contributed by atoms with Gasteiger partial charge in [0.15, 0.2) is 0 Å². The molecular formula is C19H25N3O2S. The van der Waals surface area contributed by atoms with Gasteiger partial charge >= 0.3 is 0 Å². The van der Waals surface area contributed by atoms with Gasteiger partial charge in [-0.05, 0) is 36.1 Å². The molecule has 0 bridgehead atoms. The highest BCUT2D eigenvalue weighted by atomic mass is 32.1. The van der Waals surface area contributed by atoms with E-state index in [-0.39, 0.29) is 0 Å². The summed E-state index contributed by atoms with van der Waals surface area (Å²) in [6, 6.07) is 10.2. The van der Waals surface area contributed by atoms with E-state index in [4.69, 9.17) is 4.74 Å². The standard InChI is InChI=1S/C19H25N3O2S/c1-15-8-14-25-19(15)16(20-23)7-9-21-10-12-22(13-11-21)17-5-3-4-6-18(17)24-2/h3-6,8,14,23H,7,9-13H2,1-2H3/b20-16-. The summed E-state index contributed by atoms with van der Waals surface area (Å²) in [6.45, 7) is 6.92. The first-order valence-electron chi connectivity index (χ1n) is 8.58. The Kier molecular flexibility index (Phi) is 5.94. The van der Waals surface area contributed by atoms with Gasteiger partial charge < -0.3 is 14.8 Å². The van der Waals surface area contributed by atoms with E-state index in [1.165, 1.54) is 5.56 Å². The Hall–Kier alpha value is -2.05. The first-order valence-corrected chi connectivity index (χ1v) is 9.46. The smallest absolute Gasteiger partial charge is 0.142 e. The van der Waals surface area contributed by atoms with Crippen molar-refractivity contribution in [3.63, 3.8) is 0 Å². The summed E-state index contributed by atoms with van der Waals surface area (Å²) in [7, 11) is 1.72. The van der Waals surface area contributed by atoms with E-state index in [9.17, 15) is 5.21 Å². The molecule has 5 nitrogen and oxygen atoms in total. The van der Waals surface area contributed by atoms with Crippen molar-refractivity contribution in [3.8, 4) is 5.75 Å². The lowest BCUT2D eigenvalue weighted by atomic mass is 10.1. The van der Waals surface area contributed by atoms with Crippen LogP contribution in [0.5, 0.6) is 5.75 Å². The van der Waals surface area contributed by atoms with Gasteiger partial charge in [0.25, 0.3) is 0 Å².